The number of hydrogen-bond donors (Lipinski definition) is 2. The summed E-state index contributed by atoms with van der Waals surface area (Å²) >= 11 is 0. The molecule has 1 aromatic carbocycles. The maximum atomic E-state index is 5.24. The highest BCUT2D eigenvalue weighted by Crippen LogP contribution is 2.21. The van der Waals surface area contributed by atoms with Gasteiger partial charge >= 0.3 is 0 Å². The van der Waals surface area contributed by atoms with E-state index < -0.39 is 0 Å². The molecule has 0 aliphatic carbocycles. The van der Waals surface area contributed by atoms with Gasteiger partial charge in [-0.2, -0.15) is 5.10 Å². The summed E-state index contributed by atoms with van der Waals surface area (Å²) < 4.78 is 7.29. The molecule has 3 rings (SSSR count). The van der Waals surface area contributed by atoms with E-state index in [0.717, 1.165) is 55.7 Å². The van der Waals surface area contributed by atoms with E-state index in [1.54, 1.807) is 7.11 Å². The van der Waals surface area contributed by atoms with Gasteiger partial charge < -0.3 is 15.4 Å². The first-order valence-corrected chi connectivity index (χ1v) is 10.5. The Labute approximate surface area is 174 Å². The van der Waals surface area contributed by atoms with Crippen LogP contribution in [0.4, 0.5) is 0 Å². The summed E-state index contributed by atoms with van der Waals surface area (Å²) in [6, 6.07) is 8.63. The van der Waals surface area contributed by atoms with E-state index in [-0.39, 0.29) is 0 Å². The molecule has 7 nitrogen and oxygen atoms in total. The summed E-state index contributed by atoms with van der Waals surface area (Å²) in [5.41, 5.74) is 1.32. The predicted octanol–water partition coefficient (Wildman–Crippen LogP) is 3.08. The number of fused-ring (bicyclic) bond motifs is 1. The average Bonchev–Trinajstić information content (AvgIpc) is 3.16. The zero-order chi connectivity index (χ0) is 20.8. The van der Waals surface area contributed by atoms with Gasteiger partial charge in [0, 0.05) is 32.0 Å². The number of hydrogen-bond acceptors (Lipinski definition) is 4. The highest BCUT2D eigenvalue weighted by molar-refractivity contribution is 5.79. The Bertz CT molecular complexity index is 811. The van der Waals surface area contributed by atoms with Gasteiger partial charge in [0.05, 0.1) is 13.7 Å². The summed E-state index contributed by atoms with van der Waals surface area (Å²) in [6.07, 6.45) is 3.02. The Morgan fingerprint density at radius 1 is 1.28 bits per heavy atom. The van der Waals surface area contributed by atoms with Gasteiger partial charge in [0.15, 0.2) is 11.8 Å². The zero-order valence-electron chi connectivity index (χ0n) is 18.3. The lowest BCUT2D eigenvalue weighted by molar-refractivity contribution is 0.391. The molecule has 2 atom stereocenters. The van der Waals surface area contributed by atoms with Crippen molar-refractivity contribution >= 4 is 5.96 Å². The Morgan fingerprint density at radius 3 is 2.69 bits per heavy atom. The molecule has 7 heteroatoms. The fourth-order valence-electron chi connectivity index (χ4n) is 3.58. The van der Waals surface area contributed by atoms with Crippen LogP contribution < -0.4 is 15.4 Å². The molecule has 1 aliphatic rings. The van der Waals surface area contributed by atoms with Crippen molar-refractivity contribution in [3.8, 4) is 5.75 Å². The minimum absolute atomic E-state index is 0.314. The Morgan fingerprint density at radius 2 is 2.03 bits per heavy atom. The van der Waals surface area contributed by atoms with Gasteiger partial charge in [0.1, 0.15) is 11.6 Å². The first-order chi connectivity index (χ1) is 14.0. The number of rotatable bonds is 7. The normalized spacial score (nSPS) is 17.7. The summed E-state index contributed by atoms with van der Waals surface area (Å²) in [7, 11) is 3.52. The molecule has 29 heavy (non-hydrogen) atoms. The minimum atomic E-state index is 0.314. The SMILES string of the molecule is CN=C(NCCC(C)c1ccc(OC)cc1)NC1CCc2nc(C(C)C)nn2C1. The highest BCUT2D eigenvalue weighted by atomic mass is 16.5. The Balaban J connectivity index is 1.46. The first-order valence-electron chi connectivity index (χ1n) is 10.5. The van der Waals surface area contributed by atoms with Crippen LogP contribution in [0.15, 0.2) is 29.3 Å². The van der Waals surface area contributed by atoms with Crippen molar-refractivity contribution in [1.29, 1.82) is 0 Å². The molecule has 0 spiro atoms. The van der Waals surface area contributed by atoms with Gasteiger partial charge in [-0.1, -0.05) is 32.9 Å². The van der Waals surface area contributed by atoms with E-state index >= 15 is 0 Å². The topological polar surface area (TPSA) is 76.4 Å². The Kier molecular flexibility index (Phi) is 7.12. The molecular weight excluding hydrogens is 364 g/mol. The van der Waals surface area contributed by atoms with E-state index in [4.69, 9.17) is 4.74 Å². The molecule has 0 fully saturated rings. The van der Waals surface area contributed by atoms with E-state index in [1.165, 1.54) is 5.56 Å². The molecule has 0 saturated carbocycles. The number of nitrogens with zero attached hydrogens (tertiary/aromatic N) is 4. The van der Waals surface area contributed by atoms with E-state index in [2.05, 4.69) is 63.3 Å². The molecule has 1 aromatic heterocycles. The molecule has 0 saturated heterocycles. The molecule has 0 radical (unpaired) electrons. The minimum Gasteiger partial charge on any atom is -0.497 e. The number of methoxy groups -OCH3 is 1. The first kappa shape index (κ1) is 21.1. The molecule has 158 valence electrons. The van der Waals surface area contributed by atoms with Crippen molar-refractivity contribution in [2.24, 2.45) is 4.99 Å². The third kappa shape index (κ3) is 5.49. The molecular formula is C22H34N6O. The second-order valence-electron chi connectivity index (χ2n) is 8.06. The maximum absolute atomic E-state index is 5.24. The number of nitrogens with one attached hydrogen (secondary N) is 2. The highest BCUT2D eigenvalue weighted by Gasteiger charge is 2.23. The van der Waals surface area contributed by atoms with Gasteiger partial charge in [0.25, 0.3) is 0 Å². The van der Waals surface area contributed by atoms with Crippen molar-refractivity contribution in [2.75, 3.05) is 20.7 Å². The van der Waals surface area contributed by atoms with Crippen LogP contribution in [0.1, 0.15) is 62.7 Å². The van der Waals surface area contributed by atoms with Crippen LogP contribution in [-0.4, -0.2) is 47.5 Å². The van der Waals surface area contributed by atoms with Gasteiger partial charge in [-0.3, -0.25) is 4.99 Å². The van der Waals surface area contributed by atoms with Crippen LogP contribution in [0.5, 0.6) is 5.75 Å². The smallest absolute Gasteiger partial charge is 0.191 e. The van der Waals surface area contributed by atoms with Crippen molar-refractivity contribution in [1.82, 2.24) is 25.4 Å². The van der Waals surface area contributed by atoms with E-state index in [1.807, 2.05) is 19.2 Å². The van der Waals surface area contributed by atoms with Gasteiger partial charge in [0.2, 0.25) is 0 Å². The second-order valence-corrected chi connectivity index (χ2v) is 8.06. The number of aliphatic imine (C=N–C) groups is 1. The molecule has 2 heterocycles. The molecule has 0 amide bonds. The number of aryl methyl sites for hydroxylation is 1. The molecule has 1 aliphatic heterocycles. The fraction of sp³-hybridized carbons (Fsp3) is 0.591. The predicted molar refractivity (Wildman–Crippen MR) is 117 cm³/mol. The standard InChI is InChI=1S/C22H34N6O/c1-15(2)21-26-20-11-8-18(14-28(20)27-21)25-22(23-4)24-13-12-16(3)17-6-9-19(29-5)10-7-17/h6-7,9-10,15-16,18H,8,11-14H2,1-5H3,(H2,23,24,25). The lowest BCUT2D eigenvalue weighted by atomic mass is 9.98. The summed E-state index contributed by atoms with van der Waals surface area (Å²) in [5.74, 6) is 4.62. The van der Waals surface area contributed by atoms with Crippen LogP contribution in [0.3, 0.4) is 0 Å². The largest absolute Gasteiger partial charge is 0.497 e. The third-order valence-corrected chi connectivity index (χ3v) is 5.51. The van der Waals surface area contributed by atoms with Gasteiger partial charge in [-0.15, -0.1) is 0 Å². The summed E-state index contributed by atoms with van der Waals surface area (Å²) in [6.45, 7) is 8.22. The van der Waals surface area contributed by atoms with E-state index in [0.29, 0.717) is 17.9 Å². The average molecular weight is 399 g/mol. The monoisotopic (exact) mass is 398 g/mol. The fourth-order valence-corrected chi connectivity index (χ4v) is 3.58. The van der Waals surface area contributed by atoms with Crippen LogP contribution >= 0.6 is 0 Å². The summed E-state index contributed by atoms with van der Waals surface area (Å²) in [4.78, 5) is 9.06. The Hall–Kier alpha value is -2.57. The van der Waals surface area contributed by atoms with Crippen LogP contribution in [0.25, 0.3) is 0 Å². The number of guanidine groups is 1. The second kappa shape index (κ2) is 9.76. The lowest BCUT2D eigenvalue weighted by Gasteiger charge is -2.25. The van der Waals surface area contributed by atoms with Crippen molar-refractivity contribution in [3.05, 3.63) is 41.5 Å². The van der Waals surface area contributed by atoms with Crippen LogP contribution in [0.2, 0.25) is 0 Å². The molecule has 2 aromatic rings. The van der Waals surface area contributed by atoms with Crippen molar-refractivity contribution in [2.45, 2.75) is 64.5 Å². The van der Waals surface area contributed by atoms with Crippen LogP contribution in [0, 0.1) is 0 Å². The van der Waals surface area contributed by atoms with Crippen LogP contribution in [-0.2, 0) is 13.0 Å². The molecule has 2 N–H and O–H groups in total. The number of ether oxygens (including phenoxy) is 1. The molecule has 2 unspecified atom stereocenters. The van der Waals surface area contributed by atoms with Gasteiger partial charge in [-0.25, -0.2) is 9.67 Å². The molecule has 0 bridgehead atoms. The van der Waals surface area contributed by atoms with E-state index in [9.17, 15) is 0 Å². The maximum Gasteiger partial charge on any atom is 0.191 e. The summed E-state index contributed by atoms with van der Waals surface area (Å²) in [5, 5.41) is 11.7. The quantitative estimate of drug-likeness (QED) is 0.554. The van der Waals surface area contributed by atoms with Gasteiger partial charge in [-0.05, 0) is 36.5 Å². The van der Waals surface area contributed by atoms with Crippen molar-refractivity contribution in [3.63, 3.8) is 0 Å². The number of benzene rings is 1. The van der Waals surface area contributed by atoms with Crippen molar-refractivity contribution < 1.29 is 4.74 Å². The third-order valence-electron chi connectivity index (χ3n) is 5.51. The lowest BCUT2D eigenvalue weighted by Crippen LogP contribution is -2.47. The number of aromatic nitrogens is 3. The zero-order valence-corrected chi connectivity index (χ0v) is 18.3.